The first-order chi connectivity index (χ1) is 13.1. The van der Waals surface area contributed by atoms with Crippen LogP contribution in [0.4, 0.5) is 11.5 Å². The van der Waals surface area contributed by atoms with E-state index < -0.39 is 5.79 Å². The summed E-state index contributed by atoms with van der Waals surface area (Å²) >= 11 is 6.13. The lowest BCUT2D eigenvalue weighted by Gasteiger charge is -2.38. The molecule has 0 saturated carbocycles. The molecule has 142 valence electrons. The summed E-state index contributed by atoms with van der Waals surface area (Å²) in [5.74, 6) is 0.188. The van der Waals surface area contributed by atoms with E-state index in [2.05, 4.69) is 15.2 Å². The second-order valence-corrected chi connectivity index (χ2v) is 7.27. The summed E-state index contributed by atoms with van der Waals surface area (Å²) < 4.78 is 11.5. The molecule has 0 atom stereocenters. The van der Waals surface area contributed by atoms with Crippen LogP contribution in [0.2, 0.25) is 5.02 Å². The lowest BCUT2D eigenvalue weighted by Crippen LogP contribution is -2.45. The third-order valence-electron chi connectivity index (χ3n) is 5.19. The van der Waals surface area contributed by atoms with Gasteiger partial charge in [0, 0.05) is 48.4 Å². The monoisotopic (exact) mass is 387 g/mol. The molecule has 2 aliphatic rings. The molecule has 27 heavy (non-hydrogen) atoms. The number of nitrogens with zero attached hydrogens (tertiary/aromatic N) is 2. The number of aromatic nitrogens is 1. The van der Waals surface area contributed by atoms with Gasteiger partial charge in [0.05, 0.1) is 13.2 Å². The Labute approximate surface area is 163 Å². The molecule has 1 N–H and O–H groups in total. The van der Waals surface area contributed by atoms with Gasteiger partial charge in [0.1, 0.15) is 5.82 Å². The van der Waals surface area contributed by atoms with Crippen molar-refractivity contribution in [1.82, 2.24) is 4.98 Å². The van der Waals surface area contributed by atoms with E-state index in [1.54, 1.807) is 18.3 Å². The Hall–Kier alpha value is -2.15. The number of rotatable bonds is 3. The van der Waals surface area contributed by atoms with Crippen molar-refractivity contribution in [1.29, 1.82) is 0 Å². The fourth-order valence-corrected chi connectivity index (χ4v) is 3.71. The molecular weight excluding hydrogens is 366 g/mol. The Morgan fingerprint density at radius 3 is 2.70 bits per heavy atom. The number of carbonyl (C=O) groups excluding carboxylic acids is 1. The molecule has 1 aromatic heterocycles. The number of nitrogens with one attached hydrogen (secondary N) is 1. The summed E-state index contributed by atoms with van der Waals surface area (Å²) in [6, 6.07) is 9.00. The van der Waals surface area contributed by atoms with Crippen molar-refractivity contribution in [3.63, 3.8) is 0 Å². The van der Waals surface area contributed by atoms with E-state index in [1.807, 2.05) is 25.1 Å². The van der Waals surface area contributed by atoms with Gasteiger partial charge in [-0.1, -0.05) is 17.7 Å². The third kappa shape index (κ3) is 3.78. The molecule has 4 rings (SSSR count). The SMILES string of the molecule is Cc1c(Cl)cccc1NC(=O)c1ccnc(N2CCC3(CC2)OCCO3)c1. The summed E-state index contributed by atoms with van der Waals surface area (Å²) in [5, 5.41) is 3.55. The molecule has 6 nitrogen and oxygen atoms in total. The van der Waals surface area contributed by atoms with Crippen LogP contribution in [0.3, 0.4) is 0 Å². The maximum absolute atomic E-state index is 12.7. The van der Waals surface area contributed by atoms with Gasteiger partial charge in [0.15, 0.2) is 5.79 Å². The molecule has 2 saturated heterocycles. The topological polar surface area (TPSA) is 63.7 Å². The van der Waals surface area contributed by atoms with E-state index in [4.69, 9.17) is 21.1 Å². The van der Waals surface area contributed by atoms with Crippen LogP contribution < -0.4 is 10.2 Å². The molecule has 1 amide bonds. The Balaban J connectivity index is 1.46. The molecule has 2 aromatic rings. The standard InChI is InChI=1S/C20H22ClN3O3/c1-14-16(21)3-2-4-17(14)23-19(25)15-5-8-22-18(13-15)24-9-6-20(7-10-24)26-11-12-27-20/h2-5,8,13H,6-7,9-12H2,1H3,(H,23,25). The summed E-state index contributed by atoms with van der Waals surface area (Å²) in [4.78, 5) is 19.3. The van der Waals surface area contributed by atoms with Crippen molar-refractivity contribution in [2.75, 3.05) is 36.5 Å². The maximum Gasteiger partial charge on any atom is 0.255 e. The number of carbonyl (C=O) groups is 1. The van der Waals surface area contributed by atoms with Crippen molar-refractivity contribution < 1.29 is 14.3 Å². The lowest BCUT2D eigenvalue weighted by molar-refractivity contribution is -0.169. The fraction of sp³-hybridized carbons (Fsp3) is 0.400. The van der Waals surface area contributed by atoms with Gasteiger partial charge < -0.3 is 19.7 Å². The number of pyridine rings is 1. The first-order valence-corrected chi connectivity index (χ1v) is 9.50. The molecule has 0 bridgehead atoms. The number of hydrogen-bond donors (Lipinski definition) is 1. The van der Waals surface area contributed by atoms with Gasteiger partial charge >= 0.3 is 0 Å². The van der Waals surface area contributed by atoms with Gasteiger partial charge in [-0.15, -0.1) is 0 Å². The van der Waals surface area contributed by atoms with Crippen LogP contribution in [0, 0.1) is 6.92 Å². The Morgan fingerprint density at radius 1 is 1.22 bits per heavy atom. The molecule has 7 heteroatoms. The predicted molar refractivity (Wildman–Crippen MR) is 104 cm³/mol. The maximum atomic E-state index is 12.7. The van der Waals surface area contributed by atoms with Crippen LogP contribution in [0.25, 0.3) is 0 Å². The Kier molecular flexibility index (Phi) is 5.04. The number of anilines is 2. The number of benzene rings is 1. The number of halogens is 1. The average Bonchev–Trinajstić information content (AvgIpc) is 3.14. The highest BCUT2D eigenvalue weighted by molar-refractivity contribution is 6.31. The molecule has 2 fully saturated rings. The number of amides is 1. The minimum Gasteiger partial charge on any atom is -0.356 e. The first kappa shape index (κ1) is 18.2. The molecule has 2 aliphatic heterocycles. The van der Waals surface area contributed by atoms with E-state index in [1.165, 1.54) is 0 Å². The molecule has 1 spiro atoms. The third-order valence-corrected chi connectivity index (χ3v) is 5.60. The van der Waals surface area contributed by atoms with E-state index in [-0.39, 0.29) is 5.91 Å². The minimum absolute atomic E-state index is 0.181. The van der Waals surface area contributed by atoms with Gasteiger partial charge in [-0.3, -0.25) is 4.79 Å². The Bertz CT molecular complexity index is 842. The highest BCUT2D eigenvalue weighted by Gasteiger charge is 2.40. The normalized spacial score (nSPS) is 18.7. The van der Waals surface area contributed by atoms with Crippen LogP contribution in [0.5, 0.6) is 0 Å². The minimum atomic E-state index is -0.421. The molecule has 0 unspecified atom stereocenters. The second-order valence-electron chi connectivity index (χ2n) is 6.86. The number of piperidine rings is 1. The molecule has 3 heterocycles. The van der Waals surface area contributed by atoms with Gasteiger partial charge in [0.25, 0.3) is 5.91 Å². The van der Waals surface area contributed by atoms with Crippen LogP contribution in [-0.4, -0.2) is 43.0 Å². The summed E-state index contributed by atoms with van der Waals surface area (Å²) in [6.45, 7) is 4.78. The highest BCUT2D eigenvalue weighted by Crippen LogP contribution is 2.33. The van der Waals surface area contributed by atoms with E-state index in [0.717, 1.165) is 37.3 Å². The van der Waals surface area contributed by atoms with Crippen molar-refractivity contribution in [2.24, 2.45) is 0 Å². The zero-order chi connectivity index (χ0) is 18.9. The van der Waals surface area contributed by atoms with Crippen LogP contribution in [0.1, 0.15) is 28.8 Å². The van der Waals surface area contributed by atoms with Crippen molar-refractivity contribution >= 4 is 29.0 Å². The summed E-state index contributed by atoms with van der Waals surface area (Å²) in [7, 11) is 0. The fourth-order valence-electron chi connectivity index (χ4n) is 3.53. The second kappa shape index (κ2) is 7.46. The molecule has 0 radical (unpaired) electrons. The molecular formula is C20H22ClN3O3. The van der Waals surface area contributed by atoms with Gasteiger partial charge in [-0.2, -0.15) is 0 Å². The highest BCUT2D eigenvalue weighted by atomic mass is 35.5. The predicted octanol–water partition coefficient (Wildman–Crippen LogP) is 3.64. The van der Waals surface area contributed by atoms with Crippen molar-refractivity contribution in [3.8, 4) is 0 Å². The van der Waals surface area contributed by atoms with Crippen LogP contribution in [-0.2, 0) is 9.47 Å². The average molecular weight is 388 g/mol. The van der Waals surface area contributed by atoms with Crippen molar-refractivity contribution in [2.45, 2.75) is 25.6 Å². The van der Waals surface area contributed by atoms with Crippen LogP contribution >= 0.6 is 11.6 Å². The first-order valence-electron chi connectivity index (χ1n) is 9.12. The van der Waals surface area contributed by atoms with E-state index in [9.17, 15) is 4.79 Å². The quantitative estimate of drug-likeness (QED) is 0.871. The summed E-state index contributed by atoms with van der Waals surface area (Å²) in [6.07, 6.45) is 3.27. The Morgan fingerprint density at radius 2 is 1.96 bits per heavy atom. The smallest absolute Gasteiger partial charge is 0.255 e. The van der Waals surface area contributed by atoms with Crippen molar-refractivity contribution in [3.05, 3.63) is 52.7 Å². The van der Waals surface area contributed by atoms with Crippen LogP contribution in [0.15, 0.2) is 36.5 Å². The number of ether oxygens (including phenoxy) is 2. The lowest BCUT2D eigenvalue weighted by atomic mass is 10.0. The molecule has 0 aliphatic carbocycles. The zero-order valence-electron chi connectivity index (χ0n) is 15.2. The van der Waals surface area contributed by atoms with E-state index in [0.29, 0.717) is 29.5 Å². The van der Waals surface area contributed by atoms with Gasteiger partial charge in [-0.25, -0.2) is 4.98 Å². The number of hydrogen-bond acceptors (Lipinski definition) is 5. The van der Waals surface area contributed by atoms with Gasteiger partial charge in [0.2, 0.25) is 0 Å². The zero-order valence-corrected chi connectivity index (χ0v) is 16.0. The largest absolute Gasteiger partial charge is 0.356 e. The van der Waals surface area contributed by atoms with Gasteiger partial charge in [-0.05, 0) is 36.8 Å². The van der Waals surface area contributed by atoms with E-state index >= 15 is 0 Å². The summed E-state index contributed by atoms with van der Waals surface area (Å²) in [5.41, 5.74) is 2.12. The molecule has 1 aromatic carbocycles.